The van der Waals surface area contributed by atoms with Gasteiger partial charge in [0.25, 0.3) is 0 Å². The van der Waals surface area contributed by atoms with Crippen molar-refractivity contribution >= 4 is 44.4 Å². The second kappa shape index (κ2) is 11.5. The van der Waals surface area contributed by atoms with E-state index in [4.69, 9.17) is 14.5 Å². The molecule has 0 saturated heterocycles. The van der Waals surface area contributed by atoms with Crippen LogP contribution in [0.2, 0.25) is 0 Å². The molecule has 0 aliphatic rings. The molecule has 2 aromatic carbocycles. The summed E-state index contributed by atoms with van der Waals surface area (Å²) in [5, 5.41) is 0.738. The van der Waals surface area contributed by atoms with E-state index < -0.39 is 0 Å². The number of amides is 1. The second-order valence-electron chi connectivity index (χ2n) is 7.74. The Morgan fingerprint density at radius 1 is 1.06 bits per heavy atom. The first-order valence-corrected chi connectivity index (χ1v) is 12.4. The summed E-state index contributed by atoms with van der Waals surface area (Å²) >= 11 is 3.31. The Morgan fingerprint density at radius 2 is 1.81 bits per heavy atom. The summed E-state index contributed by atoms with van der Waals surface area (Å²) in [6.45, 7) is 3.45. The lowest BCUT2D eigenvalue weighted by molar-refractivity contribution is -0.118. The van der Waals surface area contributed by atoms with Crippen molar-refractivity contribution in [2.24, 2.45) is 0 Å². The number of thioether (sulfide) groups is 1. The number of nitrogens with zero attached hydrogens (tertiary/aromatic N) is 3. The van der Waals surface area contributed by atoms with E-state index in [0.29, 0.717) is 13.0 Å². The maximum atomic E-state index is 13.2. The standard InChI is InChI=1S/C24H31N3O3S2/c1-17-8-13-20(30-5)22-23(17)32-24(25-22)27(15-14-26(2)3)21(28)7-6-16-31-19-11-9-18(29-4)10-12-19/h8-13H,6-7,14-16H2,1-5H3. The van der Waals surface area contributed by atoms with Crippen molar-refractivity contribution in [2.75, 3.05) is 52.1 Å². The van der Waals surface area contributed by atoms with Gasteiger partial charge < -0.3 is 14.4 Å². The molecule has 3 rings (SSSR count). The number of anilines is 1. The molecular weight excluding hydrogens is 442 g/mol. The van der Waals surface area contributed by atoms with Crippen LogP contribution in [0.1, 0.15) is 18.4 Å². The first-order valence-electron chi connectivity index (χ1n) is 10.6. The quantitative estimate of drug-likeness (QED) is 0.286. The van der Waals surface area contributed by atoms with Gasteiger partial charge in [0, 0.05) is 24.4 Å². The van der Waals surface area contributed by atoms with Gasteiger partial charge in [-0.3, -0.25) is 9.69 Å². The smallest absolute Gasteiger partial charge is 0.228 e. The van der Waals surface area contributed by atoms with Gasteiger partial charge in [-0.05, 0) is 69.1 Å². The van der Waals surface area contributed by atoms with E-state index in [0.717, 1.165) is 51.1 Å². The normalized spacial score (nSPS) is 11.2. The molecular formula is C24H31N3O3S2. The molecule has 172 valence electrons. The highest BCUT2D eigenvalue weighted by Crippen LogP contribution is 2.36. The number of thiazole rings is 1. The molecule has 32 heavy (non-hydrogen) atoms. The van der Waals surface area contributed by atoms with Gasteiger partial charge in [0.2, 0.25) is 5.91 Å². The molecule has 1 aromatic heterocycles. The maximum Gasteiger partial charge on any atom is 0.228 e. The maximum absolute atomic E-state index is 13.2. The number of carbonyl (C=O) groups excluding carboxylic acids is 1. The lowest BCUT2D eigenvalue weighted by atomic mass is 10.2. The van der Waals surface area contributed by atoms with E-state index in [1.807, 2.05) is 55.4 Å². The molecule has 0 unspecified atom stereocenters. The Bertz CT molecular complexity index is 1030. The lowest BCUT2D eigenvalue weighted by Gasteiger charge is -2.22. The zero-order valence-corrected chi connectivity index (χ0v) is 21.0. The third kappa shape index (κ3) is 6.15. The first-order chi connectivity index (χ1) is 15.4. The van der Waals surface area contributed by atoms with Crippen molar-refractivity contribution in [3.63, 3.8) is 0 Å². The number of fused-ring (bicyclic) bond motifs is 1. The number of rotatable bonds is 11. The van der Waals surface area contributed by atoms with Gasteiger partial charge >= 0.3 is 0 Å². The molecule has 1 amide bonds. The molecule has 0 atom stereocenters. The van der Waals surface area contributed by atoms with E-state index in [1.165, 1.54) is 4.90 Å². The fraction of sp³-hybridized carbons (Fsp3) is 0.417. The number of carbonyl (C=O) groups is 1. The Morgan fingerprint density at radius 3 is 2.47 bits per heavy atom. The average molecular weight is 474 g/mol. The summed E-state index contributed by atoms with van der Waals surface area (Å²) in [5.41, 5.74) is 1.96. The van der Waals surface area contributed by atoms with Crippen molar-refractivity contribution in [1.29, 1.82) is 0 Å². The van der Waals surface area contributed by atoms with Crippen LogP contribution in [-0.2, 0) is 4.79 Å². The van der Waals surface area contributed by atoms with Crippen molar-refractivity contribution in [3.05, 3.63) is 42.0 Å². The third-order valence-electron chi connectivity index (χ3n) is 5.08. The summed E-state index contributed by atoms with van der Waals surface area (Å²) in [7, 11) is 7.34. The first kappa shape index (κ1) is 24.4. The average Bonchev–Trinajstić information content (AvgIpc) is 3.23. The molecule has 0 aliphatic heterocycles. The van der Waals surface area contributed by atoms with Gasteiger partial charge in [-0.15, -0.1) is 11.8 Å². The number of methoxy groups -OCH3 is 2. The van der Waals surface area contributed by atoms with Crippen LogP contribution in [0, 0.1) is 6.92 Å². The minimum Gasteiger partial charge on any atom is -0.497 e. The zero-order valence-electron chi connectivity index (χ0n) is 19.4. The van der Waals surface area contributed by atoms with Crippen LogP contribution >= 0.6 is 23.1 Å². The number of ether oxygens (including phenoxy) is 2. The molecule has 0 saturated carbocycles. The number of benzene rings is 2. The van der Waals surface area contributed by atoms with Gasteiger partial charge in [-0.1, -0.05) is 17.4 Å². The third-order valence-corrected chi connectivity index (χ3v) is 7.39. The molecule has 0 bridgehead atoms. The van der Waals surface area contributed by atoms with Crippen molar-refractivity contribution in [2.45, 2.75) is 24.7 Å². The highest BCUT2D eigenvalue weighted by Gasteiger charge is 2.21. The predicted molar refractivity (Wildman–Crippen MR) is 135 cm³/mol. The number of hydrogen-bond acceptors (Lipinski definition) is 7. The lowest BCUT2D eigenvalue weighted by Crippen LogP contribution is -2.36. The zero-order chi connectivity index (χ0) is 23.1. The van der Waals surface area contributed by atoms with Crippen molar-refractivity contribution in [1.82, 2.24) is 9.88 Å². The largest absolute Gasteiger partial charge is 0.497 e. The molecule has 0 spiro atoms. The van der Waals surface area contributed by atoms with E-state index in [-0.39, 0.29) is 5.91 Å². The van der Waals surface area contributed by atoms with Crippen LogP contribution in [0.3, 0.4) is 0 Å². The molecule has 3 aromatic rings. The van der Waals surface area contributed by atoms with Crippen LogP contribution < -0.4 is 14.4 Å². The molecule has 6 nitrogen and oxygen atoms in total. The molecule has 0 radical (unpaired) electrons. The Hall–Kier alpha value is -2.29. The summed E-state index contributed by atoms with van der Waals surface area (Å²) in [6.07, 6.45) is 1.30. The fourth-order valence-corrected chi connectivity index (χ4v) is 5.17. The minimum absolute atomic E-state index is 0.109. The molecule has 8 heteroatoms. The number of aromatic nitrogens is 1. The van der Waals surface area contributed by atoms with Crippen LogP contribution in [0.4, 0.5) is 5.13 Å². The number of likely N-dealkylation sites (N-methyl/N-ethyl adjacent to an activating group) is 1. The van der Waals surface area contributed by atoms with E-state index in [9.17, 15) is 4.79 Å². The van der Waals surface area contributed by atoms with Crippen LogP contribution in [0.25, 0.3) is 10.2 Å². The Labute approximate surface area is 198 Å². The Kier molecular flexibility index (Phi) is 8.78. The molecule has 0 fully saturated rings. The van der Waals surface area contributed by atoms with E-state index in [2.05, 4.69) is 11.8 Å². The fourth-order valence-electron chi connectivity index (χ4n) is 3.23. The van der Waals surface area contributed by atoms with Crippen LogP contribution in [0.15, 0.2) is 41.3 Å². The van der Waals surface area contributed by atoms with Gasteiger partial charge in [-0.2, -0.15) is 0 Å². The van der Waals surface area contributed by atoms with Gasteiger partial charge in [0.15, 0.2) is 5.13 Å². The minimum atomic E-state index is 0.109. The van der Waals surface area contributed by atoms with Crippen LogP contribution in [-0.4, -0.2) is 62.9 Å². The highest BCUT2D eigenvalue weighted by atomic mass is 32.2. The topological polar surface area (TPSA) is 54.9 Å². The Balaban J connectivity index is 1.68. The van der Waals surface area contributed by atoms with Crippen molar-refractivity contribution < 1.29 is 14.3 Å². The van der Waals surface area contributed by atoms with Crippen molar-refractivity contribution in [3.8, 4) is 11.5 Å². The summed E-state index contributed by atoms with van der Waals surface area (Å²) < 4.78 is 11.8. The molecule has 0 N–H and O–H groups in total. The summed E-state index contributed by atoms with van der Waals surface area (Å²) in [5.74, 6) is 2.58. The van der Waals surface area contributed by atoms with Gasteiger partial charge in [0.05, 0.1) is 18.9 Å². The second-order valence-corrected chi connectivity index (χ2v) is 9.88. The van der Waals surface area contributed by atoms with E-state index in [1.54, 1.807) is 37.3 Å². The highest BCUT2D eigenvalue weighted by molar-refractivity contribution is 7.99. The summed E-state index contributed by atoms with van der Waals surface area (Å²) in [6, 6.07) is 12.0. The van der Waals surface area contributed by atoms with Crippen LogP contribution in [0.5, 0.6) is 11.5 Å². The number of aryl methyl sites for hydroxylation is 1. The monoisotopic (exact) mass is 473 g/mol. The molecule has 0 aliphatic carbocycles. The SMILES string of the molecule is COc1ccc(SCCCC(=O)N(CCN(C)C)c2nc3c(OC)ccc(C)c3s2)cc1. The van der Waals surface area contributed by atoms with Gasteiger partial charge in [-0.25, -0.2) is 4.98 Å². The predicted octanol–water partition coefficient (Wildman–Crippen LogP) is 5.09. The summed E-state index contributed by atoms with van der Waals surface area (Å²) in [4.78, 5) is 23.1. The van der Waals surface area contributed by atoms with E-state index >= 15 is 0 Å². The number of hydrogen-bond donors (Lipinski definition) is 0. The molecule has 1 heterocycles. The van der Waals surface area contributed by atoms with Gasteiger partial charge in [0.1, 0.15) is 17.0 Å².